The molecule has 0 aliphatic heterocycles. The summed E-state index contributed by atoms with van der Waals surface area (Å²) in [4.78, 5) is 4.40. The largest absolute Gasteiger partial charge is 0.376 e. The molecule has 4 nitrogen and oxygen atoms in total. The molecule has 0 unspecified atom stereocenters. The topological polar surface area (TPSA) is 43.6 Å². The number of hydrogen-bond donors (Lipinski definition) is 0. The number of hydrogen-bond acceptors (Lipinski definition) is 3. The highest BCUT2D eigenvalue weighted by Gasteiger charge is 2.09. The lowest BCUT2D eigenvalue weighted by Gasteiger charge is -1.95. The molecular weight excluding hydrogens is 187 g/mol. The van der Waals surface area contributed by atoms with Gasteiger partial charge in [-0.2, -0.15) is 0 Å². The minimum Gasteiger partial charge on any atom is -0.376 e. The van der Waals surface area contributed by atoms with E-state index in [1.807, 2.05) is 37.6 Å². The Morgan fingerprint density at radius 3 is 2.87 bits per heavy atom. The van der Waals surface area contributed by atoms with Crippen molar-refractivity contribution in [3.63, 3.8) is 0 Å². The van der Waals surface area contributed by atoms with Gasteiger partial charge in [-0.15, -0.1) is 10.2 Å². The van der Waals surface area contributed by atoms with Crippen LogP contribution >= 0.6 is 0 Å². The van der Waals surface area contributed by atoms with Gasteiger partial charge in [0, 0.05) is 10.9 Å². The van der Waals surface area contributed by atoms with Gasteiger partial charge in [-0.1, -0.05) is 18.2 Å². The minimum atomic E-state index is 0.702. The second kappa shape index (κ2) is 2.79. The first-order valence-electron chi connectivity index (χ1n) is 4.82. The maximum Gasteiger partial charge on any atom is 0.225 e. The molecule has 0 saturated heterocycles. The molecular formula is C10H9BN4. The maximum atomic E-state index is 4.40. The van der Waals surface area contributed by atoms with Crippen molar-refractivity contribution in [3.05, 3.63) is 30.1 Å². The van der Waals surface area contributed by atoms with Crippen LogP contribution in [0.3, 0.4) is 0 Å². The summed E-state index contributed by atoms with van der Waals surface area (Å²) in [5.74, 6) is 0.702. The van der Waals surface area contributed by atoms with Gasteiger partial charge in [0.05, 0.1) is 0 Å². The maximum absolute atomic E-state index is 4.40. The van der Waals surface area contributed by atoms with E-state index in [9.17, 15) is 0 Å². The van der Waals surface area contributed by atoms with E-state index in [1.54, 1.807) is 0 Å². The van der Waals surface area contributed by atoms with E-state index in [1.165, 1.54) is 0 Å². The molecule has 0 spiro atoms. The van der Waals surface area contributed by atoms with E-state index in [2.05, 4.69) is 21.2 Å². The van der Waals surface area contributed by atoms with E-state index in [4.69, 9.17) is 0 Å². The average Bonchev–Trinajstić information content (AvgIpc) is 2.54. The lowest BCUT2D eigenvalue weighted by atomic mass is 10.2. The molecule has 0 radical (unpaired) electrons. The first-order chi connectivity index (χ1) is 7.27. The molecule has 0 atom stereocenters. The Labute approximate surface area is 87.4 Å². The zero-order valence-corrected chi connectivity index (χ0v) is 8.60. The van der Waals surface area contributed by atoms with E-state index in [0.717, 1.165) is 22.1 Å². The van der Waals surface area contributed by atoms with Gasteiger partial charge in [-0.05, 0) is 13.0 Å². The summed E-state index contributed by atoms with van der Waals surface area (Å²) < 4.78 is 2.05. The fraction of sp³-hybridized carbons (Fsp3) is 0.100. The number of rotatable bonds is 0. The molecule has 0 aliphatic carbocycles. The van der Waals surface area contributed by atoms with Gasteiger partial charge in [-0.25, -0.2) is 4.98 Å². The second-order valence-corrected chi connectivity index (χ2v) is 3.61. The lowest BCUT2D eigenvalue weighted by Crippen LogP contribution is -1.97. The molecule has 0 bridgehead atoms. The normalized spacial score (nSPS) is 11.3. The monoisotopic (exact) mass is 196 g/mol. The van der Waals surface area contributed by atoms with Crippen LogP contribution in [0.5, 0.6) is 0 Å². The third-order valence-electron chi connectivity index (χ3n) is 2.61. The summed E-state index contributed by atoms with van der Waals surface area (Å²) in [6, 6.07) is 8.13. The highest BCUT2D eigenvalue weighted by Crippen LogP contribution is 2.23. The van der Waals surface area contributed by atoms with Gasteiger partial charge in [0.25, 0.3) is 0 Å². The van der Waals surface area contributed by atoms with Crippen LogP contribution in [0, 0.1) is 6.92 Å². The van der Waals surface area contributed by atoms with Crippen molar-refractivity contribution in [2.45, 2.75) is 6.92 Å². The van der Waals surface area contributed by atoms with Crippen molar-refractivity contribution in [1.29, 1.82) is 0 Å². The van der Waals surface area contributed by atoms with Crippen molar-refractivity contribution >= 4 is 30.0 Å². The van der Waals surface area contributed by atoms with Crippen LogP contribution in [0.4, 0.5) is 0 Å². The molecule has 72 valence electrons. The highest BCUT2D eigenvalue weighted by molar-refractivity contribution is 6.19. The molecule has 1 aromatic carbocycles. The van der Waals surface area contributed by atoms with Crippen molar-refractivity contribution in [2.24, 2.45) is 0 Å². The lowest BCUT2D eigenvalue weighted by molar-refractivity contribution is 0.947. The van der Waals surface area contributed by atoms with Crippen LogP contribution in [0.2, 0.25) is 0 Å². The number of benzene rings is 1. The Kier molecular flexibility index (Phi) is 1.56. The zero-order valence-electron chi connectivity index (χ0n) is 8.60. The molecule has 0 fully saturated rings. The van der Waals surface area contributed by atoms with Crippen LogP contribution in [0.15, 0.2) is 24.3 Å². The fourth-order valence-corrected chi connectivity index (χ4v) is 1.88. The van der Waals surface area contributed by atoms with Crippen molar-refractivity contribution < 1.29 is 0 Å². The summed E-state index contributed by atoms with van der Waals surface area (Å²) >= 11 is 0. The molecule has 0 amide bonds. The van der Waals surface area contributed by atoms with Gasteiger partial charge >= 0.3 is 0 Å². The highest BCUT2D eigenvalue weighted by atomic mass is 15.2. The standard InChI is InChI=1S/C10H9BN4/c1-6-12-10-9(14-13-6)7-4-2-3-5-8(7)15(10)11/h2-5H,11H2,1H3. The fourth-order valence-electron chi connectivity index (χ4n) is 1.88. The molecule has 5 heteroatoms. The predicted molar refractivity (Wildman–Crippen MR) is 61.5 cm³/mol. The van der Waals surface area contributed by atoms with Crippen LogP contribution < -0.4 is 0 Å². The molecule has 0 N–H and O–H groups in total. The first kappa shape index (κ1) is 8.41. The summed E-state index contributed by atoms with van der Waals surface area (Å²) in [6.07, 6.45) is 0. The molecule has 3 aromatic rings. The quantitative estimate of drug-likeness (QED) is 0.496. The number of nitrogens with zero attached hydrogens (tertiary/aromatic N) is 4. The SMILES string of the molecule is Bn1c2ccccc2c2nnc(C)nc21. The third kappa shape index (κ3) is 1.06. The molecule has 0 saturated carbocycles. The Bertz CT molecular complexity index is 659. The van der Waals surface area contributed by atoms with Gasteiger partial charge in [0.1, 0.15) is 11.3 Å². The molecule has 2 heterocycles. The Balaban J connectivity index is 2.63. The average molecular weight is 196 g/mol. The van der Waals surface area contributed by atoms with Crippen molar-refractivity contribution in [3.8, 4) is 0 Å². The van der Waals surface area contributed by atoms with Crippen molar-refractivity contribution in [2.75, 3.05) is 0 Å². The smallest absolute Gasteiger partial charge is 0.225 e. The molecule has 2 aromatic heterocycles. The van der Waals surface area contributed by atoms with Gasteiger partial charge < -0.3 is 4.48 Å². The van der Waals surface area contributed by atoms with Gasteiger partial charge in [0.2, 0.25) is 7.98 Å². The van der Waals surface area contributed by atoms with Crippen LogP contribution in [0.1, 0.15) is 5.82 Å². The van der Waals surface area contributed by atoms with Crippen LogP contribution in [-0.2, 0) is 0 Å². The summed E-state index contributed by atoms with van der Waals surface area (Å²) in [5.41, 5.74) is 2.90. The zero-order chi connectivity index (χ0) is 10.4. The van der Waals surface area contributed by atoms with Gasteiger partial charge in [-0.3, -0.25) is 0 Å². The van der Waals surface area contributed by atoms with E-state index >= 15 is 0 Å². The Hall–Kier alpha value is -1.91. The van der Waals surface area contributed by atoms with E-state index in [0.29, 0.717) is 5.82 Å². The molecule has 0 aliphatic rings. The Morgan fingerprint density at radius 2 is 2.00 bits per heavy atom. The van der Waals surface area contributed by atoms with Crippen LogP contribution in [0.25, 0.3) is 22.1 Å². The number of aryl methyl sites for hydroxylation is 1. The first-order valence-corrected chi connectivity index (χ1v) is 4.82. The minimum absolute atomic E-state index is 0.702. The second-order valence-electron chi connectivity index (χ2n) is 3.61. The molecule has 3 rings (SSSR count). The summed E-state index contributed by atoms with van der Waals surface area (Å²) in [6.45, 7) is 1.85. The van der Waals surface area contributed by atoms with Crippen molar-refractivity contribution in [1.82, 2.24) is 19.7 Å². The molecule has 15 heavy (non-hydrogen) atoms. The van der Waals surface area contributed by atoms with Gasteiger partial charge in [0.15, 0.2) is 5.65 Å². The number of aromatic nitrogens is 4. The van der Waals surface area contributed by atoms with Crippen LogP contribution in [-0.4, -0.2) is 27.6 Å². The number of para-hydroxylation sites is 1. The van der Waals surface area contributed by atoms with E-state index in [-0.39, 0.29) is 0 Å². The summed E-state index contributed by atoms with van der Waals surface area (Å²) in [5, 5.41) is 9.30. The Morgan fingerprint density at radius 1 is 1.20 bits per heavy atom. The number of fused-ring (bicyclic) bond motifs is 3. The van der Waals surface area contributed by atoms with E-state index < -0.39 is 0 Å². The summed E-state index contributed by atoms with van der Waals surface area (Å²) in [7, 11) is 2.00. The predicted octanol–water partition coefficient (Wildman–Crippen LogP) is 0.684. The third-order valence-corrected chi connectivity index (χ3v) is 2.61.